The summed E-state index contributed by atoms with van der Waals surface area (Å²) in [5.41, 5.74) is 2.72. The third-order valence-corrected chi connectivity index (χ3v) is 4.33. The maximum Gasteiger partial charge on any atom is 0.259 e. The lowest BCUT2D eigenvalue weighted by molar-refractivity contribution is 0.102. The smallest absolute Gasteiger partial charge is 0.259 e. The van der Waals surface area contributed by atoms with Gasteiger partial charge in [0.2, 0.25) is 0 Å². The van der Waals surface area contributed by atoms with Crippen molar-refractivity contribution in [1.29, 1.82) is 0 Å². The molecule has 24 heavy (non-hydrogen) atoms. The minimum atomic E-state index is -0.389. The molecule has 0 unspecified atom stereocenters. The number of nitrogens with one attached hydrogen (secondary N) is 1. The SMILES string of the molecule is O=C(Nc1ccc(Cl)cc1)c1ccc2c(c1O)=NC1=CC=CCC=21. The van der Waals surface area contributed by atoms with E-state index in [1.807, 2.05) is 24.3 Å². The summed E-state index contributed by atoms with van der Waals surface area (Å²) < 4.78 is 0. The van der Waals surface area contributed by atoms with Crippen LogP contribution in [0.25, 0.3) is 5.57 Å². The van der Waals surface area contributed by atoms with Gasteiger partial charge in [-0.15, -0.1) is 0 Å². The van der Waals surface area contributed by atoms with E-state index in [0.717, 1.165) is 22.9 Å². The number of phenolic OH excluding ortho intramolecular Hbond substituents is 1. The number of hydrogen-bond donors (Lipinski definition) is 2. The number of nitrogens with zero attached hydrogens (tertiary/aromatic N) is 1. The molecule has 2 aromatic carbocycles. The summed E-state index contributed by atoms with van der Waals surface area (Å²) in [6, 6.07) is 10.3. The summed E-state index contributed by atoms with van der Waals surface area (Å²) in [6.07, 6.45) is 6.67. The van der Waals surface area contributed by atoms with E-state index in [1.165, 1.54) is 0 Å². The number of carbonyl (C=O) groups is 1. The van der Waals surface area contributed by atoms with Crippen LogP contribution in [0, 0.1) is 0 Å². The molecule has 0 bridgehead atoms. The predicted molar refractivity (Wildman–Crippen MR) is 93.5 cm³/mol. The molecule has 1 heterocycles. The van der Waals surface area contributed by atoms with Crippen molar-refractivity contribution >= 4 is 28.8 Å². The minimum absolute atomic E-state index is 0.0956. The normalized spacial score (nSPS) is 14.5. The molecule has 4 rings (SSSR count). The molecule has 2 aromatic rings. The van der Waals surface area contributed by atoms with Gasteiger partial charge in [-0.05, 0) is 48.4 Å². The summed E-state index contributed by atoms with van der Waals surface area (Å²) in [6.45, 7) is 0. The molecule has 118 valence electrons. The highest BCUT2D eigenvalue weighted by Gasteiger charge is 2.20. The maximum atomic E-state index is 12.5. The topological polar surface area (TPSA) is 61.7 Å². The van der Waals surface area contributed by atoms with E-state index in [1.54, 1.807) is 30.3 Å². The van der Waals surface area contributed by atoms with E-state index in [4.69, 9.17) is 11.6 Å². The Labute approximate surface area is 143 Å². The molecule has 0 aromatic heterocycles. The van der Waals surface area contributed by atoms with Gasteiger partial charge in [-0.1, -0.05) is 29.8 Å². The van der Waals surface area contributed by atoms with Gasteiger partial charge in [-0.2, -0.15) is 0 Å². The first-order valence-electron chi connectivity index (χ1n) is 7.51. The van der Waals surface area contributed by atoms with Gasteiger partial charge in [0.05, 0.1) is 11.3 Å². The third kappa shape index (κ3) is 2.41. The van der Waals surface area contributed by atoms with Crippen molar-refractivity contribution in [3.05, 3.63) is 81.5 Å². The van der Waals surface area contributed by atoms with Gasteiger partial charge >= 0.3 is 0 Å². The first kappa shape index (κ1) is 14.7. The second kappa shape index (κ2) is 5.65. The Morgan fingerprint density at radius 3 is 2.75 bits per heavy atom. The highest BCUT2D eigenvalue weighted by molar-refractivity contribution is 6.30. The lowest BCUT2D eigenvalue weighted by Gasteiger charge is -2.07. The highest BCUT2D eigenvalue weighted by atomic mass is 35.5. The fourth-order valence-corrected chi connectivity index (χ4v) is 3.00. The molecule has 2 N–H and O–H groups in total. The fourth-order valence-electron chi connectivity index (χ4n) is 2.87. The number of amides is 1. The number of aromatic hydroxyl groups is 1. The molecule has 2 aliphatic rings. The average Bonchev–Trinajstić information content (AvgIpc) is 2.97. The summed E-state index contributed by atoms with van der Waals surface area (Å²) in [4.78, 5) is 16.9. The number of phenols is 1. The largest absolute Gasteiger partial charge is 0.505 e. The van der Waals surface area contributed by atoms with Crippen LogP contribution in [0.3, 0.4) is 0 Å². The molecule has 0 atom stereocenters. The van der Waals surface area contributed by atoms with E-state index in [0.29, 0.717) is 16.1 Å². The number of rotatable bonds is 2. The quantitative estimate of drug-likeness (QED) is 0.885. The summed E-state index contributed by atoms with van der Waals surface area (Å²) in [5, 5.41) is 15.2. The van der Waals surface area contributed by atoms with E-state index < -0.39 is 0 Å². The maximum absolute atomic E-state index is 12.5. The average molecular weight is 337 g/mol. The van der Waals surface area contributed by atoms with Crippen molar-refractivity contribution in [2.24, 2.45) is 4.99 Å². The summed E-state index contributed by atoms with van der Waals surface area (Å²) >= 11 is 5.84. The number of allylic oxidation sites excluding steroid dienone is 4. The molecular formula is C19H13ClN2O2. The van der Waals surface area contributed by atoms with Crippen LogP contribution in [0.1, 0.15) is 16.8 Å². The van der Waals surface area contributed by atoms with Crippen LogP contribution in [0.5, 0.6) is 5.75 Å². The van der Waals surface area contributed by atoms with Gasteiger partial charge in [-0.25, -0.2) is 4.99 Å². The van der Waals surface area contributed by atoms with Gasteiger partial charge in [0, 0.05) is 15.9 Å². The van der Waals surface area contributed by atoms with E-state index in [9.17, 15) is 9.90 Å². The second-order valence-corrected chi connectivity index (χ2v) is 6.03. The standard InChI is InChI=1S/C19H13ClN2O2/c20-11-5-7-12(8-6-11)21-19(24)15-10-9-14-13-3-1-2-4-16(13)22-17(14)18(15)23/h1-2,4-10,23H,3H2,(H,21,24). The van der Waals surface area contributed by atoms with E-state index >= 15 is 0 Å². The summed E-state index contributed by atoms with van der Waals surface area (Å²) in [7, 11) is 0. The minimum Gasteiger partial charge on any atom is -0.505 e. The Morgan fingerprint density at radius 1 is 1.17 bits per heavy atom. The van der Waals surface area contributed by atoms with Crippen molar-refractivity contribution in [3.63, 3.8) is 0 Å². The van der Waals surface area contributed by atoms with E-state index in [-0.39, 0.29) is 17.2 Å². The number of halogens is 1. The molecule has 0 saturated carbocycles. The van der Waals surface area contributed by atoms with Crippen LogP contribution < -0.4 is 15.9 Å². The Kier molecular flexibility index (Phi) is 3.47. The number of benzene rings is 2. The molecule has 0 fully saturated rings. The van der Waals surface area contributed by atoms with Gasteiger partial charge in [0.25, 0.3) is 5.91 Å². The third-order valence-electron chi connectivity index (χ3n) is 4.08. The van der Waals surface area contributed by atoms with Gasteiger partial charge in [0.1, 0.15) is 5.36 Å². The zero-order chi connectivity index (χ0) is 16.7. The molecule has 1 aliphatic carbocycles. The second-order valence-electron chi connectivity index (χ2n) is 5.59. The molecule has 1 aliphatic heterocycles. The zero-order valence-electron chi connectivity index (χ0n) is 12.6. The first-order chi connectivity index (χ1) is 11.6. The molecule has 4 nitrogen and oxygen atoms in total. The van der Waals surface area contributed by atoms with Crippen molar-refractivity contribution in [3.8, 4) is 5.75 Å². The molecule has 0 saturated heterocycles. The monoisotopic (exact) mass is 336 g/mol. The van der Waals surface area contributed by atoms with Crippen LogP contribution in [-0.4, -0.2) is 11.0 Å². The van der Waals surface area contributed by atoms with E-state index in [2.05, 4.69) is 10.3 Å². The predicted octanol–water partition coefficient (Wildman–Crippen LogP) is 2.93. The lowest BCUT2D eigenvalue weighted by Crippen LogP contribution is -2.26. The van der Waals surface area contributed by atoms with Crippen LogP contribution in [0.4, 0.5) is 5.69 Å². The lowest BCUT2D eigenvalue weighted by atomic mass is 10.0. The van der Waals surface area contributed by atoms with Gasteiger partial charge in [-0.3, -0.25) is 4.79 Å². The van der Waals surface area contributed by atoms with Crippen molar-refractivity contribution in [2.45, 2.75) is 6.42 Å². The van der Waals surface area contributed by atoms with Crippen molar-refractivity contribution in [2.75, 3.05) is 5.32 Å². The van der Waals surface area contributed by atoms with Gasteiger partial charge < -0.3 is 10.4 Å². The van der Waals surface area contributed by atoms with Crippen LogP contribution in [0.15, 0.2) is 65.3 Å². The molecule has 1 amide bonds. The first-order valence-corrected chi connectivity index (χ1v) is 7.89. The Bertz CT molecular complexity index is 1030. The van der Waals surface area contributed by atoms with Gasteiger partial charge in [0.15, 0.2) is 5.75 Å². The Morgan fingerprint density at radius 2 is 1.96 bits per heavy atom. The Hall–Kier alpha value is -2.85. The van der Waals surface area contributed by atoms with Crippen molar-refractivity contribution in [1.82, 2.24) is 0 Å². The number of hydrogen-bond acceptors (Lipinski definition) is 3. The fraction of sp³-hybridized carbons (Fsp3) is 0.0526. The van der Waals surface area contributed by atoms with Crippen molar-refractivity contribution < 1.29 is 9.90 Å². The number of fused-ring (bicyclic) bond motifs is 2. The molecule has 0 spiro atoms. The molecular weight excluding hydrogens is 324 g/mol. The number of carbonyl (C=O) groups excluding carboxylic acids is 1. The molecule has 5 heteroatoms. The highest BCUT2D eigenvalue weighted by Crippen LogP contribution is 2.24. The summed E-state index contributed by atoms with van der Waals surface area (Å²) in [5.74, 6) is -0.485. The van der Waals surface area contributed by atoms with Crippen LogP contribution >= 0.6 is 11.6 Å². The number of anilines is 1. The van der Waals surface area contributed by atoms with Crippen LogP contribution in [-0.2, 0) is 0 Å². The Balaban J connectivity index is 1.73. The zero-order valence-corrected chi connectivity index (χ0v) is 13.3. The van der Waals surface area contributed by atoms with Crippen LogP contribution in [0.2, 0.25) is 5.02 Å². The molecule has 0 radical (unpaired) electrons.